The van der Waals surface area contributed by atoms with Crippen molar-refractivity contribution in [2.75, 3.05) is 18.6 Å². The van der Waals surface area contributed by atoms with Gasteiger partial charge in [0.1, 0.15) is 0 Å². The number of aryl methyl sites for hydroxylation is 2. The predicted molar refractivity (Wildman–Crippen MR) is 95.5 cm³/mol. The fraction of sp³-hybridized carbons (Fsp3) is 0.444. The van der Waals surface area contributed by atoms with Gasteiger partial charge in [0.25, 0.3) is 5.91 Å². The molecule has 2 heterocycles. The minimum atomic E-state index is 0.113. The number of carbonyl (C=O) groups is 1. The van der Waals surface area contributed by atoms with E-state index in [1.165, 1.54) is 0 Å². The molecule has 2 aromatic rings. The lowest BCUT2D eigenvalue weighted by molar-refractivity contribution is 0.0723. The summed E-state index contributed by atoms with van der Waals surface area (Å²) in [6, 6.07) is 10.2. The van der Waals surface area contributed by atoms with Crippen molar-refractivity contribution in [3.05, 3.63) is 47.3 Å². The summed E-state index contributed by atoms with van der Waals surface area (Å²) in [5.74, 6) is 2.42. The second kappa shape index (κ2) is 6.79. The average molecular weight is 329 g/mol. The smallest absolute Gasteiger partial charge is 0.253 e. The zero-order chi connectivity index (χ0) is 16.4. The zero-order valence-corrected chi connectivity index (χ0v) is 14.8. The normalized spacial score (nSPS) is 15.6. The number of benzene rings is 1. The van der Waals surface area contributed by atoms with Gasteiger partial charge in [0, 0.05) is 24.3 Å². The molecule has 5 heteroatoms. The number of thioether (sulfide) groups is 1. The number of hydrogen-bond acceptors (Lipinski definition) is 3. The Labute approximate surface area is 141 Å². The van der Waals surface area contributed by atoms with E-state index in [0.717, 1.165) is 47.0 Å². The molecular weight excluding hydrogens is 306 g/mol. The van der Waals surface area contributed by atoms with Crippen molar-refractivity contribution in [2.45, 2.75) is 32.7 Å². The minimum absolute atomic E-state index is 0.113. The van der Waals surface area contributed by atoms with Crippen LogP contribution in [0.4, 0.5) is 0 Å². The van der Waals surface area contributed by atoms with Crippen LogP contribution in [-0.4, -0.2) is 45.2 Å². The first-order valence-corrected chi connectivity index (χ1v) is 9.20. The Kier molecular flexibility index (Phi) is 4.76. The Hall–Kier alpha value is -1.75. The van der Waals surface area contributed by atoms with Crippen LogP contribution in [0, 0.1) is 13.8 Å². The second-order valence-electron chi connectivity index (χ2n) is 6.15. The van der Waals surface area contributed by atoms with Crippen LogP contribution in [0.3, 0.4) is 0 Å². The molecule has 1 saturated heterocycles. The van der Waals surface area contributed by atoms with E-state index in [4.69, 9.17) is 0 Å². The van der Waals surface area contributed by atoms with Crippen LogP contribution in [0.5, 0.6) is 0 Å². The molecule has 0 spiro atoms. The van der Waals surface area contributed by atoms with Crippen molar-refractivity contribution in [1.29, 1.82) is 0 Å². The molecule has 0 unspecified atom stereocenters. The summed E-state index contributed by atoms with van der Waals surface area (Å²) < 4.78 is 1.91. The lowest BCUT2D eigenvalue weighted by Gasteiger charge is -2.31. The average Bonchev–Trinajstić information content (AvgIpc) is 2.93. The largest absolute Gasteiger partial charge is 0.339 e. The first-order valence-electron chi connectivity index (χ1n) is 8.05. The first kappa shape index (κ1) is 16.1. The molecule has 1 aliphatic rings. The van der Waals surface area contributed by atoms with E-state index in [2.05, 4.69) is 5.10 Å². The highest BCUT2D eigenvalue weighted by atomic mass is 32.2. The minimum Gasteiger partial charge on any atom is -0.339 e. The lowest BCUT2D eigenvalue weighted by atomic mass is 10.1. The van der Waals surface area contributed by atoms with Gasteiger partial charge in [0.15, 0.2) is 0 Å². The third-order valence-corrected chi connectivity index (χ3v) is 5.48. The van der Waals surface area contributed by atoms with Gasteiger partial charge in [-0.2, -0.15) is 16.9 Å². The molecule has 3 rings (SSSR count). The van der Waals surface area contributed by atoms with E-state index < -0.39 is 0 Å². The molecule has 0 bridgehead atoms. The molecule has 1 aliphatic heterocycles. The van der Waals surface area contributed by atoms with Crippen LogP contribution in [0.25, 0.3) is 5.69 Å². The van der Waals surface area contributed by atoms with Crippen molar-refractivity contribution in [3.8, 4) is 5.69 Å². The molecule has 1 aromatic heterocycles. The van der Waals surface area contributed by atoms with E-state index >= 15 is 0 Å². The van der Waals surface area contributed by atoms with Crippen molar-refractivity contribution in [2.24, 2.45) is 0 Å². The zero-order valence-electron chi connectivity index (χ0n) is 14.0. The van der Waals surface area contributed by atoms with Gasteiger partial charge in [-0.15, -0.1) is 0 Å². The van der Waals surface area contributed by atoms with E-state index in [-0.39, 0.29) is 5.91 Å². The van der Waals surface area contributed by atoms with E-state index in [1.807, 2.05) is 72.6 Å². The Balaban J connectivity index is 1.76. The first-order chi connectivity index (χ1) is 11.1. The van der Waals surface area contributed by atoms with Crippen LogP contribution >= 0.6 is 11.8 Å². The Morgan fingerprint density at radius 2 is 1.87 bits per heavy atom. The molecule has 0 atom stereocenters. The van der Waals surface area contributed by atoms with Crippen LogP contribution in [-0.2, 0) is 0 Å². The number of nitrogens with zero attached hydrogens (tertiary/aromatic N) is 3. The summed E-state index contributed by atoms with van der Waals surface area (Å²) in [6.45, 7) is 4.02. The molecule has 1 fully saturated rings. The monoisotopic (exact) mass is 329 g/mol. The molecule has 0 N–H and O–H groups in total. The lowest BCUT2D eigenvalue weighted by Crippen LogP contribution is -2.39. The van der Waals surface area contributed by atoms with Gasteiger partial charge in [-0.25, -0.2) is 4.68 Å². The van der Waals surface area contributed by atoms with E-state index in [0.29, 0.717) is 6.04 Å². The van der Waals surface area contributed by atoms with Gasteiger partial charge >= 0.3 is 0 Å². The molecule has 1 amide bonds. The SMILES string of the molecule is Cc1cc(C)n(-c2ccc(C(=O)N(C)C3CCSCC3)cc2)n1. The summed E-state index contributed by atoms with van der Waals surface area (Å²) in [6.07, 6.45) is 2.19. The standard InChI is InChI=1S/C18H23N3OS/c1-13-12-14(2)21(19-13)17-6-4-15(5-7-17)18(22)20(3)16-8-10-23-11-9-16/h4-7,12,16H,8-11H2,1-3H3. The quantitative estimate of drug-likeness (QED) is 0.865. The maximum Gasteiger partial charge on any atom is 0.253 e. The number of carbonyl (C=O) groups excluding carboxylic acids is 1. The molecule has 122 valence electrons. The third-order valence-electron chi connectivity index (χ3n) is 4.43. The van der Waals surface area contributed by atoms with E-state index in [9.17, 15) is 4.79 Å². The maximum absolute atomic E-state index is 12.7. The molecule has 23 heavy (non-hydrogen) atoms. The predicted octanol–water partition coefficient (Wildman–Crippen LogP) is 3.46. The van der Waals surface area contributed by atoms with Crippen LogP contribution in [0.1, 0.15) is 34.6 Å². The highest BCUT2D eigenvalue weighted by molar-refractivity contribution is 7.99. The van der Waals surface area contributed by atoms with Gasteiger partial charge in [0.05, 0.1) is 11.4 Å². The summed E-state index contributed by atoms with van der Waals surface area (Å²) >= 11 is 1.98. The Morgan fingerprint density at radius 1 is 1.22 bits per heavy atom. The third kappa shape index (κ3) is 3.44. The van der Waals surface area contributed by atoms with Gasteiger partial charge in [-0.1, -0.05) is 0 Å². The molecule has 0 saturated carbocycles. The van der Waals surface area contributed by atoms with Crippen molar-refractivity contribution < 1.29 is 4.79 Å². The summed E-state index contributed by atoms with van der Waals surface area (Å²) in [5, 5.41) is 4.48. The highest BCUT2D eigenvalue weighted by Gasteiger charge is 2.23. The maximum atomic E-state index is 12.7. The number of amides is 1. The van der Waals surface area contributed by atoms with Gasteiger partial charge in [-0.3, -0.25) is 4.79 Å². The summed E-state index contributed by atoms with van der Waals surface area (Å²) in [4.78, 5) is 14.6. The summed E-state index contributed by atoms with van der Waals surface area (Å²) in [5.41, 5.74) is 3.83. The molecular formula is C18H23N3OS. The van der Waals surface area contributed by atoms with Crippen LogP contribution in [0.2, 0.25) is 0 Å². The summed E-state index contributed by atoms with van der Waals surface area (Å²) in [7, 11) is 1.93. The fourth-order valence-corrected chi connectivity index (χ4v) is 4.16. The van der Waals surface area contributed by atoms with Crippen molar-refractivity contribution >= 4 is 17.7 Å². The van der Waals surface area contributed by atoms with Crippen LogP contribution in [0.15, 0.2) is 30.3 Å². The topological polar surface area (TPSA) is 38.1 Å². The number of rotatable bonds is 3. The van der Waals surface area contributed by atoms with Crippen molar-refractivity contribution in [1.82, 2.24) is 14.7 Å². The molecule has 4 nitrogen and oxygen atoms in total. The fourth-order valence-electron chi connectivity index (χ4n) is 3.08. The highest BCUT2D eigenvalue weighted by Crippen LogP contribution is 2.22. The Morgan fingerprint density at radius 3 is 2.43 bits per heavy atom. The molecule has 0 aliphatic carbocycles. The second-order valence-corrected chi connectivity index (χ2v) is 7.37. The molecule has 1 aromatic carbocycles. The number of aromatic nitrogens is 2. The molecule has 0 radical (unpaired) electrons. The van der Waals surface area contributed by atoms with Crippen LogP contribution < -0.4 is 0 Å². The van der Waals surface area contributed by atoms with Gasteiger partial charge in [-0.05, 0) is 68.5 Å². The number of hydrogen-bond donors (Lipinski definition) is 0. The Bertz CT molecular complexity index is 687. The van der Waals surface area contributed by atoms with Gasteiger partial charge in [0.2, 0.25) is 0 Å². The van der Waals surface area contributed by atoms with E-state index in [1.54, 1.807) is 0 Å². The van der Waals surface area contributed by atoms with Gasteiger partial charge < -0.3 is 4.90 Å². The van der Waals surface area contributed by atoms with Crippen molar-refractivity contribution in [3.63, 3.8) is 0 Å².